The number of benzene rings is 1. The van der Waals surface area contributed by atoms with Gasteiger partial charge in [-0.2, -0.15) is 0 Å². The van der Waals surface area contributed by atoms with Crippen molar-refractivity contribution in [3.63, 3.8) is 0 Å². The lowest BCUT2D eigenvalue weighted by Crippen LogP contribution is -2.37. The Balaban J connectivity index is 1.91. The van der Waals surface area contributed by atoms with E-state index in [1.165, 1.54) is 5.01 Å². The van der Waals surface area contributed by atoms with Gasteiger partial charge in [-0.05, 0) is 31.0 Å². The maximum absolute atomic E-state index is 11.5. The number of nitrogens with one attached hydrogen (secondary N) is 1. The molecule has 1 aromatic carbocycles. The highest BCUT2D eigenvalue weighted by Gasteiger charge is 2.30. The lowest BCUT2D eigenvalue weighted by Gasteiger charge is -2.29. The van der Waals surface area contributed by atoms with E-state index in [0.717, 1.165) is 5.56 Å². The zero-order chi connectivity index (χ0) is 20.7. The van der Waals surface area contributed by atoms with Gasteiger partial charge in [-0.3, -0.25) is 9.59 Å². The van der Waals surface area contributed by atoms with Gasteiger partial charge < -0.3 is 20.3 Å². The molecular weight excluding hydrogens is 409 g/mol. The largest absolute Gasteiger partial charge is 0.481 e. The predicted molar refractivity (Wildman–Crippen MR) is 106 cm³/mol. The second-order valence-electron chi connectivity index (χ2n) is 6.07. The first-order valence-electron chi connectivity index (χ1n) is 8.59. The zero-order valence-electron chi connectivity index (χ0n) is 15.2. The standard InChI is InChI=1S/C18H21Cl2N3O5/c1-11-4-2-5-12(10-11)23-18(27)16(20)15(19)17(22-23)28-9-3-8-21-13(24)6-7-14(25)26/h2,4-5,10,18,27H,3,6-9H2,1H3,(H,21,24)(H,25,26). The highest BCUT2D eigenvalue weighted by molar-refractivity contribution is 6.48. The number of hydrazone groups is 1. The Bertz CT molecular complexity index is 797. The van der Waals surface area contributed by atoms with Crippen molar-refractivity contribution in [2.24, 2.45) is 5.10 Å². The van der Waals surface area contributed by atoms with E-state index in [1.54, 1.807) is 6.07 Å². The molecule has 8 nitrogen and oxygen atoms in total. The molecule has 0 saturated carbocycles. The fraction of sp³-hybridized carbons (Fsp3) is 0.389. The van der Waals surface area contributed by atoms with E-state index in [1.807, 2.05) is 25.1 Å². The van der Waals surface area contributed by atoms with Crippen LogP contribution in [0.15, 0.2) is 39.4 Å². The maximum Gasteiger partial charge on any atom is 0.303 e. The lowest BCUT2D eigenvalue weighted by atomic mass is 10.2. The number of aliphatic hydroxyl groups is 1. The molecular formula is C18H21Cl2N3O5. The average Bonchev–Trinajstić information content (AvgIpc) is 2.65. The van der Waals surface area contributed by atoms with Gasteiger partial charge in [0.05, 0.1) is 23.7 Å². The van der Waals surface area contributed by atoms with E-state index in [0.29, 0.717) is 18.7 Å². The molecule has 10 heteroatoms. The number of ether oxygens (including phenoxy) is 1. The topological polar surface area (TPSA) is 111 Å². The Morgan fingerprint density at radius 1 is 1.32 bits per heavy atom. The molecule has 3 N–H and O–H groups in total. The van der Waals surface area contributed by atoms with Gasteiger partial charge in [0.2, 0.25) is 5.91 Å². The first-order valence-corrected chi connectivity index (χ1v) is 9.34. The van der Waals surface area contributed by atoms with Gasteiger partial charge >= 0.3 is 5.97 Å². The number of anilines is 1. The van der Waals surface area contributed by atoms with E-state index in [4.69, 9.17) is 33.0 Å². The van der Waals surface area contributed by atoms with Crippen molar-refractivity contribution in [2.75, 3.05) is 18.2 Å². The highest BCUT2D eigenvalue weighted by atomic mass is 35.5. The first-order chi connectivity index (χ1) is 13.3. The van der Waals surface area contributed by atoms with Crippen LogP contribution in [-0.2, 0) is 14.3 Å². The van der Waals surface area contributed by atoms with Crippen LogP contribution in [0.25, 0.3) is 0 Å². The molecule has 1 aliphatic heterocycles. The summed E-state index contributed by atoms with van der Waals surface area (Å²) in [5.41, 5.74) is 1.61. The fourth-order valence-corrected chi connectivity index (χ4v) is 2.72. The molecule has 1 amide bonds. The number of rotatable bonds is 8. The number of hydrogen-bond acceptors (Lipinski definition) is 6. The van der Waals surface area contributed by atoms with Crippen molar-refractivity contribution in [2.45, 2.75) is 32.4 Å². The monoisotopic (exact) mass is 429 g/mol. The molecule has 0 bridgehead atoms. The van der Waals surface area contributed by atoms with Crippen molar-refractivity contribution in [3.05, 3.63) is 39.9 Å². The number of amides is 1. The summed E-state index contributed by atoms with van der Waals surface area (Å²) in [5.74, 6) is -1.30. The van der Waals surface area contributed by atoms with E-state index in [2.05, 4.69) is 10.4 Å². The van der Waals surface area contributed by atoms with E-state index in [9.17, 15) is 14.7 Å². The SMILES string of the molecule is Cc1cccc(N2N=C(OCCCNC(=O)CCC(=O)O)C(Cl)=C(Cl)C2O)c1. The number of nitrogens with zero attached hydrogens (tertiary/aromatic N) is 2. The van der Waals surface area contributed by atoms with Gasteiger partial charge in [0, 0.05) is 13.0 Å². The molecule has 1 heterocycles. The predicted octanol–water partition coefficient (Wildman–Crippen LogP) is 2.52. The Labute approximate surface area is 172 Å². The lowest BCUT2D eigenvalue weighted by molar-refractivity contribution is -0.138. The Morgan fingerprint density at radius 3 is 2.75 bits per heavy atom. The molecule has 1 aromatic rings. The number of carbonyl (C=O) groups is 2. The number of carbonyl (C=O) groups excluding carboxylic acids is 1. The Hall–Kier alpha value is -2.29. The molecule has 152 valence electrons. The molecule has 1 atom stereocenters. The van der Waals surface area contributed by atoms with Gasteiger partial charge in [-0.25, -0.2) is 5.01 Å². The molecule has 2 rings (SSSR count). The van der Waals surface area contributed by atoms with Crippen LogP contribution in [0.3, 0.4) is 0 Å². The summed E-state index contributed by atoms with van der Waals surface area (Å²) in [5, 5.41) is 27.0. The third-order valence-electron chi connectivity index (χ3n) is 3.77. The minimum absolute atomic E-state index is 0.00449. The van der Waals surface area contributed by atoms with Crippen LogP contribution in [-0.4, -0.2) is 47.4 Å². The first kappa shape index (κ1) is 22.0. The van der Waals surface area contributed by atoms with Crippen LogP contribution in [0, 0.1) is 6.92 Å². The second-order valence-corrected chi connectivity index (χ2v) is 6.86. The number of halogens is 2. The molecule has 0 aromatic heterocycles. The van der Waals surface area contributed by atoms with Crippen LogP contribution in [0.5, 0.6) is 0 Å². The highest BCUT2D eigenvalue weighted by Crippen LogP contribution is 2.31. The summed E-state index contributed by atoms with van der Waals surface area (Å²) in [7, 11) is 0. The van der Waals surface area contributed by atoms with Crippen molar-refractivity contribution in [1.82, 2.24) is 5.32 Å². The van der Waals surface area contributed by atoms with E-state index >= 15 is 0 Å². The quantitative estimate of drug-likeness (QED) is 0.547. The summed E-state index contributed by atoms with van der Waals surface area (Å²) >= 11 is 12.3. The Kier molecular flexibility index (Phi) is 8.10. The summed E-state index contributed by atoms with van der Waals surface area (Å²) in [6.45, 7) is 2.41. The van der Waals surface area contributed by atoms with Crippen LogP contribution in [0.1, 0.15) is 24.8 Å². The number of aryl methyl sites for hydroxylation is 1. The van der Waals surface area contributed by atoms with Gasteiger partial charge in [-0.1, -0.05) is 35.3 Å². The Morgan fingerprint density at radius 2 is 2.07 bits per heavy atom. The van der Waals surface area contributed by atoms with Gasteiger partial charge in [0.25, 0.3) is 5.90 Å². The number of carboxylic acids is 1. The van der Waals surface area contributed by atoms with Gasteiger partial charge in [-0.15, -0.1) is 5.10 Å². The van der Waals surface area contributed by atoms with E-state index < -0.39 is 12.2 Å². The molecule has 0 aliphatic carbocycles. The molecule has 28 heavy (non-hydrogen) atoms. The summed E-state index contributed by atoms with van der Waals surface area (Å²) in [6.07, 6.45) is -1.06. The number of aliphatic hydroxyl groups excluding tert-OH is 1. The van der Waals surface area contributed by atoms with E-state index in [-0.39, 0.29) is 41.3 Å². The minimum atomic E-state index is -1.23. The zero-order valence-corrected chi connectivity index (χ0v) is 16.7. The van der Waals surface area contributed by atoms with Gasteiger partial charge in [0.15, 0.2) is 6.23 Å². The average molecular weight is 430 g/mol. The maximum atomic E-state index is 11.5. The van der Waals surface area contributed by atoms with Crippen molar-refractivity contribution < 1.29 is 24.5 Å². The van der Waals surface area contributed by atoms with Gasteiger partial charge in [0.1, 0.15) is 5.03 Å². The summed E-state index contributed by atoms with van der Waals surface area (Å²) < 4.78 is 5.55. The van der Waals surface area contributed by atoms with Crippen molar-refractivity contribution >= 4 is 46.7 Å². The smallest absolute Gasteiger partial charge is 0.303 e. The summed E-state index contributed by atoms with van der Waals surface area (Å²) in [6, 6.07) is 7.35. The van der Waals surface area contributed by atoms with Crippen molar-refractivity contribution in [1.29, 1.82) is 0 Å². The van der Waals surface area contributed by atoms with Crippen molar-refractivity contribution in [3.8, 4) is 0 Å². The van der Waals surface area contributed by atoms with Crippen LogP contribution >= 0.6 is 23.2 Å². The van der Waals surface area contributed by atoms with Crippen LogP contribution in [0.4, 0.5) is 5.69 Å². The fourth-order valence-electron chi connectivity index (χ4n) is 2.36. The minimum Gasteiger partial charge on any atom is -0.481 e. The number of aliphatic carboxylic acids is 1. The summed E-state index contributed by atoms with van der Waals surface area (Å²) in [4.78, 5) is 21.9. The molecule has 0 fully saturated rings. The van der Waals surface area contributed by atoms with Crippen LogP contribution in [0.2, 0.25) is 0 Å². The molecule has 1 unspecified atom stereocenters. The molecule has 1 aliphatic rings. The molecule has 0 saturated heterocycles. The number of carboxylic acid groups (broad SMARTS) is 1. The number of hydrogen-bond donors (Lipinski definition) is 3. The normalized spacial score (nSPS) is 16.6. The third kappa shape index (κ3) is 6.12. The third-order valence-corrected chi connectivity index (χ3v) is 4.61. The van der Waals surface area contributed by atoms with Crippen LogP contribution < -0.4 is 10.3 Å². The molecule has 0 radical (unpaired) electrons. The molecule has 0 spiro atoms. The second kappa shape index (κ2) is 10.3.